The van der Waals surface area contributed by atoms with E-state index in [2.05, 4.69) is 61.2 Å². The fraction of sp³-hybridized carbons (Fsp3) is 0.429. The van der Waals surface area contributed by atoms with Crippen LogP contribution >= 0.6 is 0 Å². The van der Waals surface area contributed by atoms with Gasteiger partial charge in [0.15, 0.2) is 0 Å². The maximum absolute atomic E-state index is 5.63. The summed E-state index contributed by atoms with van der Waals surface area (Å²) in [6.07, 6.45) is 15.5. The zero-order valence-electron chi connectivity index (χ0n) is 18.0. The van der Waals surface area contributed by atoms with Gasteiger partial charge in [0, 0.05) is 0 Å². The Bertz CT molecular complexity index is 746. The normalized spacial score (nSPS) is 19.5. The van der Waals surface area contributed by atoms with Gasteiger partial charge < -0.3 is 4.74 Å². The molecule has 0 amide bonds. The van der Waals surface area contributed by atoms with Crippen LogP contribution in [0.3, 0.4) is 0 Å². The monoisotopic (exact) mass is 388 g/mol. The molecule has 0 unspecified atom stereocenters. The topological polar surface area (TPSA) is 9.23 Å². The summed E-state index contributed by atoms with van der Waals surface area (Å²) in [5.41, 5.74) is 5.25. The maximum Gasteiger partial charge on any atom is 0.0721 e. The Kier molecular flexibility index (Phi) is 8.77. The number of benzene rings is 2. The predicted octanol–water partition coefficient (Wildman–Crippen LogP) is 7.76. The Morgan fingerprint density at radius 1 is 0.862 bits per heavy atom. The highest BCUT2D eigenvalue weighted by Crippen LogP contribution is 2.33. The molecule has 1 nitrogen and oxygen atoms in total. The second kappa shape index (κ2) is 11.8. The fourth-order valence-corrected chi connectivity index (χ4v) is 4.36. The van der Waals surface area contributed by atoms with Gasteiger partial charge in [-0.3, -0.25) is 0 Å². The summed E-state index contributed by atoms with van der Waals surface area (Å²) in [5, 5.41) is 0. The molecule has 1 aliphatic rings. The number of hydrogen-bond donors (Lipinski definition) is 0. The van der Waals surface area contributed by atoms with Crippen LogP contribution in [-0.2, 0) is 17.8 Å². The number of hydrogen-bond acceptors (Lipinski definition) is 1. The third-order valence-corrected chi connectivity index (χ3v) is 6.27. The van der Waals surface area contributed by atoms with Crippen LogP contribution in [0.1, 0.15) is 56.6 Å². The zero-order valence-corrected chi connectivity index (χ0v) is 18.0. The Balaban J connectivity index is 1.45. The molecule has 0 N–H and O–H groups in total. The number of rotatable bonds is 10. The number of ether oxygens (including phenoxy) is 1. The van der Waals surface area contributed by atoms with E-state index in [4.69, 9.17) is 4.74 Å². The molecule has 0 spiro atoms. The van der Waals surface area contributed by atoms with E-state index in [9.17, 15) is 0 Å². The Morgan fingerprint density at radius 3 is 2.03 bits per heavy atom. The molecule has 29 heavy (non-hydrogen) atoms. The minimum Gasteiger partial charge on any atom is -0.373 e. The minimum absolute atomic E-state index is 0.666. The fourth-order valence-electron chi connectivity index (χ4n) is 4.36. The van der Waals surface area contributed by atoms with Crippen LogP contribution in [0.15, 0.2) is 73.3 Å². The molecule has 2 aromatic rings. The lowest BCUT2D eigenvalue weighted by atomic mass is 9.78. The highest BCUT2D eigenvalue weighted by molar-refractivity contribution is 5.63. The SMILES string of the molecule is C=CCC1CCC(CCc2ccc(-c3ccc(COCC=CC)cc3)cc2)CC1. The summed E-state index contributed by atoms with van der Waals surface area (Å²) in [7, 11) is 0. The van der Waals surface area contributed by atoms with Gasteiger partial charge in [-0.2, -0.15) is 0 Å². The summed E-state index contributed by atoms with van der Waals surface area (Å²) in [5.74, 6) is 1.81. The quantitative estimate of drug-likeness (QED) is 0.298. The first kappa shape index (κ1) is 21.6. The largest absolute Gasteiger partial charge is 0.373 e. The van der Waals surface area contributed by atoms with Crippen molar-refractivity contribution in [1.29, 1.82) is 0 Å². The molecule has 3 rings (SSSR count). The summed E-state index contributed by atoms with van der Waals surface area (Å²) in [4.78, 5) is 0. The van der Waals surface area contributed by atoms with Gasteiger partial charge in [-0.25, -0.2) is 0 Å². The van der Waals surface area contributed by atoms with Crippen molar-refractivity contribution in [2.75, 3.05) is 6.61 Å². The van der Waals surface area contributed by atoms with E-state index in [0.717, 1.165) is 11.8 Å². The minimum atomic E-state index is 0.666. The maximum atomic E-state index is 5.63. The Morgan fingerprint density at radius 2 is 1.45 bits per heavy atom. The molecule has 1 heteroatoms. The van der Waals surface area contributed by atoms with Crippen molar-refractivity contribution in [2.45, 2.75) is 58.5 Å². The van der Waals surface area contributed by atoms with Crippen LogP contribution in [-0.4, -0.2) is 6.61 Å². The van der Waals surface area contributed by atoms with Crippen LogP contribution in [0.5, 0.6) is 0 Å². The number of allylic oxidation sites excluding steroid dienone is 2. The van der Waals surface area contributed by atoms with Gasteiger partial charge >= 0.3 is 0 Å². The molecule has 0 aliphatic heterocycles. The highest BCUT2D eigenvalue weighted by Gasteiger charge is 2.19. The second-order valence-corrected chi connectivity index (χ2v) is 8.43. The smallest absolute Gasteiger partial charge is 0.0721 e. The van der Waals surface area contributed by atoms with Crippen molar-refractivity contribution in [3.8, 4) is 11.1 Å². The van der Waals surface area contributed by atoms with Crippen molar-refractivity contribution >= 4 is 0 Å². The number of aryl methyl sites for hydroxylation is 1. The first-order valence-electron chi connectivity index (χ1n) is 11.3. The molecule has 0 radical (unpaired) electrons. The molecule has 0 atom stereocenters. The summed E-state index contributed by atoms with van der Waals surface area (Å²) in [6.45, 7) is 7.25. The van der Waals surface area contributed by atoms with Gasteiger partial charge in [0.1, 0.15) is 0 Å². The molecule has 2 aromatic carbocycles. The van der Waals surface area contributed by atoms with E-state index in [1.54, 1.807) is 0 Å². The van der Waals surface area contributed by atoms with Gasteiger partial charge in [0.2, 0.25) is 0 Å². The molecule has 1 fully saturated rings. The van der Waals surface area contributed by atoms with E-state index in [1.807, 2.05) is 19.1 Å². The molecule has 0 saturated heterocycles. The zero-order chi connectivity index (χ0) is 20.3. The molecule has 1 saturated carbocycles. The molecule has 0 bridgehead atoms. The van der Waals surface area contributed by atoms with Crippen molar-refractivity contribution in [3.63, 3.8) is 0 Å². The standard InChI is InChI=1S/C28H36O/c1-3-5-21-29-22-26-15-19-28(20-16-26)27-17-13-25(14-18-27)12-11-24-9-7-23(6-4-2)8-10-24/h3-5,13-20,23-24H,2,6-12,21-22H2,1H3. The average Bonchev–Trinajstić information content (AvgIpc) is 2.77. The van der Waals surface area contributed by atoms with E-state index in [1.165, 1.54) is 67.2 Å². The van der Waals surface area contributed by atoms with Gasteiger partial charge in [-0.05, 0) is 73.1 Å². The highest BCUT2D eigenvalue weighted by atomic mass is 16.5. The van der Waals surface area contributed by atoms with E-state index in [0.29, 0.717) is 13.2 Å². The van der Waals surface area contributed by atoms with Crippen molar-refractivity contribution in [1.82, 2.24) is 0 Å². The predicted molar refractivity (Wildman–Crippen MR) is 125 cm³/mol. The van der Waals surface area contributed by atoms with Gasteiger partial charge in [-0.1, -0.05) is 79.6 Å². The lowest BCUT2D eigenvalue weighted by Gasteiger charge is -2.27. The summed E-state index contributed by atoms with van der Waals surface area (Å²) >= 11 is 0. The van der Waals surface area contributed by atoms with E-state index >= 15 is 0 Å². The van der Waals surface area contributed by atoms with Crippen molar-refractivity contribution in [2.24, 2.45) is 11.8 Å². The third kappa shape index (κ3) is 7.01. The van der Waals surface area contributed by atoms with Crippen molar-refractivity contribution < 1.29 is 4.74 Å². The Hall–Kier alpha value is -2.12. The first-order valence-corrected chi connectivity index (χ1v) is 11.3. The Labute approximate surface area is 177 Å². The molecular weight excluding hydrogens is 352 g/mol. The second-order valence-electron chi connectivity index (χ2n) is 8.43. The molecule has 1 aliphatic carbocycles. The van der Waals surface area contributed by atoms with Crippen LogP contribution in [0.2, 0.25) is 0 Å². The van der Waals surface area contributed by atoms with E-state index < -0.39 is 0 Å². The van der Waals surface area contributed by atoms with Gasteiger partial charge in [-0.15, -0.1) is 6.58 Å². The lowest BCUT2D eigenvalue weighted by molar-refractivity contribution is 0.148. The van der Waals surface area contributed by atoms with E-state index in [-0.39, 0.29) is 0 Å². The van der Waals surface area contributed by atoms with Gasteiger partial charge in [0.05, 0.1) is 13.2 Å². The lowest BCUT2D eigenvalue weighted by Crippen LogP contribution is -2.14. The summed E-state index contributed by atoms with van der Waals surface area (Å²) < 4.78 is 5.63. The van der Waals surface area contributed by atoms with Gasteiger partial charge in [0.25, 0.3) is 0 Å². The summed E-state index contributed by atoms with van der Waals surface area (Å²) in [6, 6.07) is 17.9. The van der Waals surface area contributed by atoms with Crippen LogP contribution in [0.4, 0.5) is 0 Å². The van der Waals surface area contributed by atoms with Crippen LogP contribution in [0, 0.1) is 11.8 Å². The first-order chi connectivity index (χ1) is 14.3. The average molecular weight is 389 g/mol. The van der Waals surface area contributed by atoms with Crippen LogP contribution < -0.4 is 0 Å². The molecule has 0 heterocycles. The van der Waals surface area contributed by atoms with Crippen molar-refractivity contribution in [3.05, 3.63) is 84.5 Å². The molecule has 0 aromatic heterocycles. The molecular formula is C28H36O. The van der Waals surface area contributed by atoms with Crippen LogP contribution in [0.25, 0.3) is 11.1 Å². The molecule has 154 valence electrons. The third-order valence-electron chi connectivity index (χ3n) is 6.27.